The van der Waals surface area contributed by atoms with E-state index in [0.29, 0.717) is 5.88 Å². The van der Waals surface area contributed by atoms with Crippen LogP contribution in [-0.4, -0.2) is 48.2 Å². The molecule has 1 saturated heterocycles. The number of nitrogens with zero attached hydrogens (tertiary/aromatic N) is 4. The molecule has 0 radical (unpaired) electrons. The minimum absolute atomic E-state index is 0.670. The topological polar surface area (TPSA) is 41.5 Å². The van der Waals surface area contributed by atoms with Crippen LogP contribution in [0.5, 0.6) is 5.88 Å². The van der Waals surface area contributed by atoms with Crippen molar-refractivity contribution in [3.05, 3.63) is 48.3 Å². The van der Waals surface area contributed by atoms with Gasteiger partial charge in [0.15, 0.2) is 0 Å². The molecule has 1 aliphatic heterocycles. The van der Waals surface area contributed by atoms with E-state index in [9.17, 15) is 0 Å². The summed E-state index contributed by atoms with van der Waals surface area (Å²) in [5.74, 6) is 1.66. The molecule has 2 aromatic heterocycles. The highest BCUT2D eigenvalue weighted by molar-refractivity contribution is 5.41. The smallest absolute Gasteiger partial charge is 0.214 e. The van der Waals surface area contributed by atoms with Crippen LogP contribution >= 0.6 is 0 Å². The van der Waals surface area contributed by atoms with Gasteiger partial charge >= 0.3 is 0 Å². The Labute approximate surface area is 125 Å². The minimum Gasteiger partial charge on any atom is -0.481 e. The Morgan fingerprint density at radius 2 is 1.90 bits per heavy atom. The number of hydrogen-bond donors (Lipinski definition) is 0. The fraction of sp³-hybridized carbons (Fsp3) is 0.375. The average Bonchev–Trinajstić information content (AvgIpc) is 2.56. The maximum Gasteiger partial charge on any atom is 0.214 e. The summed E-state index contributed by atoms with van der Waals surface area (Å²) in [5.41, 5.74) is 1.13. The fourth-order valence-electron chi connectivity index (χ4n) is 2.55. The standard InChI is InChI=1S/C16H20N4O/c1-21-16-7-4-6-15(18-16)20-11-9-19(10-12-20)13-14-5-2-3-8-17-14/h2-8H,9-13H2,1H3. The third-order valence-electron chi connectivity index (χ3n) is 3.73. The van der Waals surface area contributed by atoms with Gasteiger partial charge in [-0.15, -0.1) is 0 Å². The quantitative estimate of drug-likeness (QED) is 0.856. The molecule has 0 N–H and O–H groups in total. The number of methoxy groups -OCH3 is 1. The van der Waals surface area contributed by atoms with Gasteiger partial charge in [-0.05, 0) is 18.2 Å². The molecule has 5 nitrogen and oxygen atoms in total. The molecule has 0 atom stereocenters. The molecule has 110 valence electrons. The van der Waals surface area contributed by atoms with Gasteiger partial charge in [0.05, 0.1) is 12.8 Å². The van der Waals surface area contributed by atoms with E-state index in [1.165, 1.54) is 0 Å². The first-order chi connectivity index (χ1) is 10.3. The van der Waals surface area contributed by atoms with E-state index in [2.05, 4.69) is 25.8 Å². The summed E-state index contributed by atoms with van der Waals surface area (Å²) in [6.07, 6.45) is 1.85. The Bertz CT molecular complexity index is 567. The van der Waals surface area contributed by atoms with Gasteiger partial charge in [0.25, 0.3) is 0 Å². The summed E-state index contributed by atoms with van der Waals surface area (Å²) in [6.45, 7) is 4.92. The molecule has 5 heteroatoms. The minimum atomic E-state index is 0.670. The molecule has 0 unspecified atom stereocenters. The summed E-state index contributed by atoms with van der Waals surface area (Å²) >= 11 is 0. The van der Waals surface area contributed by atoms with E-state index in [4.69, 9.17) is 4.74 Å². The number of piperazine rings is 1. The van der Waals surface area contributed by atoms with Crippen molar-refractivity contribution in [2.45, 2.75) is 6.54 Å². The molecule has 2 aromatic rings. The number of ether oxygens (including phenoxy) is 1. The zero-order chi connectivity index (χ0) is 14.5. The molecule has 1 fully saturated rings. The molecule has 0 aromatic carbocycles. The highest BCUT2D eigenvalue weighted by atomic mass is 16.5. The van der Waals surface area contributed by atoms with E-state index in [1.54, 1.807) is 7.11 Å². The van der Waals surface area contributed by atoms with Crippen LogP contribution in [0, 0.1) is 0 Å². The first kappa shape index (κ1) is 13.8. The SMILES string of the molecule is COc1cccc(N2CCN(Cc3ccccn3)CC2)n1. The third-order valence-corrected chi connectivity index (χ3v) is 3.73. The summed E-state index contributed by atoms with van der Waals surface area (Å²) in [4.78, 5) is 13.6. The van der Waals surface area contributed by atoms with Gasteiger partial charge in [0, 0.05) is 45.0 Å². The molecule has 0 aliphatic carbocycles. The van der Waals surface area contributed by atoms with E-state index >= 15 is 0 Å². The molecule has 0 bridgehead atoms. The molecule has 3 heterocycles. The number of anilines is 1. The first-order valence-corrected chi connectivity index (χ1v) is 7.23. The molecular formula is C16H20N4O. The molecule has 0 spiro atoms. The van der Waals surface area contributed by atoms with Crippen LogP contribution in [0.25, 0.3) is 0 Å². The van der Waals surface area contributed by atoms with Gasteiger partial charge < -0.3 is 9.64 Å². The lowest BCUT2D eigenvalue weighted by Gasteiger charge is -2.35. The van der Waals surface area contributed by atoms with Crippen LogP contribution in [-0.2, 0) is 6.54 Å². The average molecular weight is 284 g/mol. The second-order valence-corrected chi connectivity index (χ2v) is 5.12. The van der Waals surface area contributed by atoms with Gasteiger partial charge in [-0.2, -0.15) is 4.98 Å². The maximum absolute atomic E-state index is 5.19. The van der Waals surface area contributed by atoms with Crippen LogP contribution < -0.4 is 9.64 Å². The third kappa shape index (κ3) is 3.49. The summed E-state index contributed by atoms with van der Waals surface area (Å²) in [7, 11) is 1.65. The summed E-state index contributed by atoms with van der Waals surface area (Å²) < 4.78 is 5.19. The van der Waals surface area contributed by atoms with Crippen molar-refractivity contribution in [3.63, 3.8) is 0 Å². The maximum atomic E-state index is 5.19. The van der Waals surface area contributed by atoms with Crippen LogP contribution in [0.15, 0.2) is 42.6 Å². The summed E-state index contributed by atoms with van der Waals surface area (Å²) in [6, 6.07) is 12.0. The van der Waals surface area contributed by atoms with Gasteiger partial charge in [0.2, 0.25) is 5.88 Å². The molecule has 3 rings (SSSR count). The zero-order valence-corrected chi connectivity index (χ0v) is 12.3. The molecule has 0 saturated carbocycles. The van der Waals surface area contributed by atoms with Crippen LogP contribution in [0.2, 0.25) is 0 Å². The van der Waals surface area contributed by atoms with Gasteiger partial charge in [-0.25, -0.2) is 0 Å². The first-order valence-electron chi connectivity index (χ1n) is 7.23. The molecule has 21 heavy (non-hydrogen) atoms. The Hall–Kier alpha value is -2.14. The Kier molecular flexibility index (Phi) is 4.31. The van der Waals surface area contributed by atoms with Gasteiger partial charge in [-0.1, -0.05) is 12.1 Å². The highest BCUT2D eigenvalue weighted by Gasteiger charge is 2.18. The normalized spacial score (nSPS) is 16.0. The van der Waals surface area contributed by atoms with E-state index in [1.807, 2.05) is 36.5 Å². The Balaban J connectivity index is 1.57. The number of pyridine rings is 2. The van der Waals surface area contributed by atoms with E-state index in [-0.39, 0.29) is 0 Å². The van der Waals surface area contributed by atoms with Crippen LogP contribution in [0.3, 0.4) is 0 Å². The predicted molar refractivity (Wildman–Crippen MR) is 82.5 cm³/mol. The second kappa shape index (κ2) is 6.54. The second-order valence-electron chi connectivity index (χ2n) is 5.12. The lowest BCUT2D eigenvalue weighted by Crippen LogP contribution is -2.46. The zero-order valence-electron chi connectivity index (χ0n) is 12.3. The van der Waals surface area contributed by atoms with Crippen molar-refractivity contribution in [3.8, 4) is 5.88 Å². The largest absolute Gasteiger partial charge is 0.481 e. The van der Waals surface area contributed by atoms with Gasteiger partial charge in [-0.3, -0.25) is 9.88 Å². The molecule has 1 aliphatic rings. The van der Waals surface area contributed by atoms with Crippen LogP contribution in [0.1, 0.15) is 5.69 Å². The fourth-order valence-corrected chi connectivity index (χ4v) is 2.55. The van der Waals surface area contributed by atoms with Crippen molar-refractivity contribution in [1.29, 1.82) is 0 Å². The van der Waals surface area contributed by atoms with Crippen molar-refractivity contribution in [2.75, 3.05) is 38.2 Å². The van der Waals surface area contributed by atoms with Crippen LogP contribution in [0.4, 0.5) is 5.82 Å². The van der Waals surface area contributed by atoms with Gasteiger partial charge in [0.1, 0.15) is 5.82 Å². The van der Waals surface area contributed by atoms with Crippen molar-refractivity contribution < 1.29 is 4.74 Å². The lowest BCUT2D eigenvalue weighted by molar-refractivity contribution is 0.246. The van der Waals surface area contributed by atoms with Crippen molar-refractivity contribution in [2.24, 2.45) is 0 Å². The van der Waals surface area contributed by atoms with E-state index < -0.39 is 0 Å². The number of rotatable bonds is 4. The lowest BCUT2D eigenvalue weighted by atomic mass is 10.2. The van der Waals surface area contributed by atoms with E-state index in [0.717, 1.165) is 44.2 Å². The molecular weight excluding hydrogens is 264 g/mol. The van der Waals surface area contributed by atoms with Crippen molar-refractivity contribution >= 4 is 5.82 Å². The Morgan fingerprint density at radius 3 is 2.62 bits per heavy atom. The predicted octanol–water partition coefficient (Wildman–Crippen LogP) is 1.81. The van der Waals surface area contributed by atoms with Crippen molar-refractivity contribution in [1.82, 2.24) is 14.9 Å². The number of aromatic nitrogens is 2. The monoisotopic (exact) mass is 284 g/mol. The Morgan fingerprint density at radius 1 is 1.05 bits per heavy atom. The molecule has 0 amide bonds. The number of hydrogen-bond acceptors (Lipinski definition) is 5. The summed E-state index contributed by atoms with van der Waals surface area (Å²) in [5, 5.41) is 0. The highest BCUT2D eigenvalue weighted by Crippen LogP contribution is 2.17.